The van der Waals surface area contributed by atoms with Crippen LogP contribution < -0.4 is 10.6 Å². The average molecular weight is 368 g/mol. The highest BCUT2D eigenvalue weighted by Gasteiger charge is 2.30. The molecule has 2 aromatic rings. The Kier molecular flexibility index (Phi) is 5.90. The van der Waals surface area contributed by atoms with E-state index in [-0.39, 0.29) is 12.1 Å². The molecule has 0 radical (unpaired) electrons. The molecule has 1 aliphatic rings. The molecule has 1 atom stereocenters. The molecule has 0 aliphatic carbocycles. The second-order valence-electron chi connectivity index (χ2n) is 6.39. The van der Waals surface area contributed by atoms with Crippen LogP contribution in [0.25, 0.3) is 0 Å². The first-order chi connectivity index (χ1) is 13.1. The van der Waals surface area contributed by atoms with Gasteiger partial charge < -0.3 is 15.0 Å². The van der Waals surface area contributed by atoms with E-state index in [1.807, 2.05) is 30.0 Å². The Labute approximate surface area is 158 Å². The molecule has 1 aliphatic heterocycles. The van der Waals surface area contributed by atoms with E-state index in [2.05, 4.69) is 15.6 Å². The smallest absolute Gasteiger partial charge is 0.411 e. The lowest BCUT2D eigenvalue weighted by molar-refractivity contribution is 0.168. The van der Waals surface area contributed by atoms with E-state index in [0.29, 0.717) is 24.5 Å². The molecule has 1 aromatic carbocycles. The number of amides is 3. The second-order valence-corrected chi connectivity index (χ2v) is 6.39. The maximum Gasteiger partial charge on any atom is 0.411 e. The van der Waals surface area contributed by atoms with Crippen LogP contribution in [0.15, 0.2) is 42.7 Å². The number of anilines is 2. The summed E-state index contributed by atoms with van der Waals surface area (Å²) in [5.41, 5.74) is 3.14. The fourth-order valence-electron chi connectivity index (χ4n) is 3.31. The summed E-state index contributed by atoms with van der Waals surface area (Å²) in [6, 6.07) is 9.18. The minimum atomic E-state index is -0.513. The summed E-state index contributed by atoms with van der Waals surface area (Å²) < 4.78 is 4.92. The molecule has 2 heterocycles. The van der Waals surface area contributed by atoms with Crippen LogP contribution in [0.2, 0.25) is 0 Å². The van der Waals surface area contributed by atoms with Crippen LogP contribution in [-0.4, -0.2) is 35.2 Å². The summed E-state index contributed by atoms with van der Waals surface area (Å²) in [5, 5.41) is 5.67. The van der Waals surface area contributed by atoms with Crippen LogP contribution in [0.3, 0.4) is 0 Å². The number of likely N-dealkylation sites (tertiary alicyclic amines) is 1. The zero-order valence-electron chi connectivity index (χ0n) is 15.6. The first-order valence-electron chi connectivity index (χ1n) is 9.11. The molecule has 142 valence electrons. The van der Waals surface area contributed by atoms with Crippen molar-refractivity contribution in [1.29, 1.82) is 0 Å². The number of hydrogen-bond donors (Lipinski definition) is 2. The zero-order chi connectivity index (χ0) is 19.2. The number of carbonyl (C=O) groups excluding carboxylic acids is 2. The van der Waals surface area contributed by atoms with Gasteiger partial charge in [0, 0.05) is 30.3 Å². The molecular formula is C20H24N4O3. The molecule has 1 fully saturated rings. The Morgan fingerprint density at radius 2 is 1.89 bits per heavy atom. The number of benzene rings is 1. The number of ether oxygens (including phenoxy) is 1. The number of hydrogen-bond acceptors (Lipinski definition) is 4. The predicted octanol–water partition coefficient (Wildman–Crippen LogP) is 4.33. The lowest BCUT2D eigenvalue weighted by Crippen LogP contribution is -2.34. The van der Waals surface area contributed by atoms with Crippen molar-refractivity contribution in [3.8, 4) is 0 Å². The number of urea groups is 1. The van der Waals surface area contributed by atoms with Gasteiger partial charge in [0.25, 0.3) is 0 Å². The second kappa shape index (κ2) is 8.53. The Morgan fingerprint density at radius 3 is 2.59 bits per heavy atom. The lowest BCUT2D eigenvalue weighted by atomic mass is 10.1. The summed E-state index contributed by atoms with van der Waals surface area (Å²) in [7, 11) is 0. The Morgan fingerprint density at radius 1 is 1.19 bits per heavy atom. The number of nitrogens with zero attached hydrogens (tertiary/aromatic N) is 2. The van der Waals surface area contributed by atoms with Gasteiger partial charge in [-0.1, -0.05) is 6.07 Å². The molecule has 0 bridgehead atoms. The highest BCUT2D eigenvalue weighted by molar-refractivity contribution is 5.93. The summed E-state index contributed by atoms with van der Waals surface area (Å²) in [5.74, 6) is 0. The lowest BCUT2D eigenvalue weighted by Gasteiger charge is -2.26. The number of aromatic nitrogens is 1. The van der Waals surface area contributed by atoms with Crippen molar-refractivity contribution in [1.82, 2.24) is 9.88 Å². The van der Waals surface area contributed by atoms with E-state index in [1.165, 1.54) is 0 Å². The summed E-state index contributed by atoms with van der Waals surface area (Å²) in [6.45, 7) is 4.60. The quantitative estimate of drug-likeness (QED) is 0.841. The van der Waals surface area contributed by atoms with Crippen LogP contribution in [-0.2, 0) is 4.74 Å². The highest BCUT2D eigenvalue weighted by Crippen LogP contribution is 2.32. The first kappa shape index (κ1) is 18.7. The summed E-state index contributed by atoms with van der Waals surface area (Å²) in [6.07, 6.45) is 4.88. The van der Waals surface area contributed by atoms with Gasteiger partial charge in [-0.2, -0.15) is 0 Å². The Balaban J connectivity index is 1.73. The van der Waals surface area contributed by atoms with Crippen molar-refractivity contribution in [3.63, 3.8) is 0 Å². The van der Waals surface area contributed by atoms with Gasteiger partial charge >= 0.3 is 12.1 Å². The molecule has 1 unspecified atom stereocenters. The highest BCUT2D eigenvalue weighted by atomic mass is 16.5. The topological polar surface area (TPSA) is 83.6 Å². The van der Waals surface area contributed by atoms with E-state index < -0.39 is 6.09 Å². The van der Waals surface area contributed by atoms with Crippen LogP contribution in [0.5, 0.6) is 0 Å². The van der Waals surface area contributed by atoms with Crippen molar-refractivity contribution in [2.45, 2.75) is 32.7 Å². The van der Waals surface area contributed by atoms with Gasteiger partial charge in [0.05, 0.1) is 12.6 Å². The van der Waals surface area contributed by atoms with Gasteiger partial charge in [0.2, 0.25) is 0 Å². The van der Waals surface area contributed by atoms with Crippen LogP contribution in [0.1, 0.15) is 36.9 Å². The summed E-state index contributed by atoms with van der Waals surface area (Å²) in [4.78, 5) is 30.4. The van der Waals surface area contributed by atoms with Gasteiger partial charge in [-0.15, -0.1) is 0 Å². The van der Waals surface area contributed by atoms with E-state index in [1.54, 1.807) is 31.5 Å². The fourth-order valence-corrected chi connectivity index (χ4v) is 3.31. The minimum Gasteiger partial charge on any atom is -0.450 e. The third-order valence-corrected chi connectivity index (χ3v) is 4.69. The van der Waals surface area contributed by atoms with E-state index >= 15 is 0 Å². The van der Waals surface area contributed by atoms with Crippen molar-refractivity contribution in [2.75, 3.05) is 23.8 Å². The minimum absolute atomic E-state index is 0.0501. The van der Waals surface area contributed by atoms with Gasteiger partial charge in [0.15, 0.2) is 0 Å². The normalized spacial score (nSPS) is 16.1. The number of rotatable bonds is 4. The fraction of sp³-hybridized carbons (Fsp3) is 0.350. The number of pyridine rings is 1. The number of nitrogens with one attached hydrogen (secondary N) is 2. The standard InChI is InChI=1S/C20H24N4O3/c1-3-27-20(26)23-17-7-4-6-16(14(17)2)22-19(25)24-13-5-8-18(24)15-9-11-21-12-10-15/h4,6-7,9-12,18H,3,5,8,13H2,1-2H3,(H,22,25)(H,23,26). The van der Waals surface area contributed by atoms with Crippen molar-refractivity contribution >= 4 is 23.5 Å². The molecule has 3 rings (SSSR count). The van der Waals surface area contributed by atoms with Gasteiger partial charge in [-0.05, 0) is 62.1 Å². The number of carbonyl (C=O) groups is 2. The molecule has 7 heteroatoms. The SMILES string of the molecule is CCOC(=O)Nc1cccc(NC(=O)N2CCCC2c2ccncc2)c1C. The molecule has 2 N–H and O–H groups in total. The molecule has 27 heavy (non-hydrogen) atoms. The van der Waals surface area contributed by atoms with Crippen molar-refractivity contribution in [3.05, 3.63) is 53.9 Å². The van der Waals surface area contributed by atoms with Gasteiger partial charge in [-0.3, -0.25) is 10.3 Å². The first-order valence-corrected chi connectivity index (χ1v) is 9.11. The van der Waals surface area contributed by atoms with Crippen LogP contribution in [0.4, 0.5) is 21.0 Å². The summed E-state index contributed by atoms with van der Waals surface area (Å²) >= 11 is 0. The molecule has 7 nitrogen and oxygen atoms in total. The monoisotopic (exact) mass is 368 g/mol. The maximum atomic E-state index is 12.9. The molecule has 1 aromatic heterocycles. The van der Waals surface area contributed by atoms with Crippen LogP contribution >= 0.6 is 0 Å². The zero-order valence-corrected chi connectivity index (χ0v) is 15.6. The molecule has 3 amide bonds. The largest absolute Gasteiger partial charge is 0.450 e. The third kappa shape index (κ3) is 4.36. The van der Waals surface area contributed by atoms with Crippen molar-refractivity contribution < 1.29 is 14.3 Å². The molecule has 0 saturated carbocycles. The maximum absolute atomic E-state index is 12.9. The molecule has 0 spiro atoms. The Hall–Kier alpha value is -3.09. The predicted molar refractivity (Wildman–Crippen MR) is 104 cm³/mol. The average Bonchev–Trinajstić information content (AvgIpc) is 3.16. The van der Waals surface area contributed by atoms with E-state index in [9.17, 15) is 9.59 Å². The van der Waals surface area contributed by atoms with Crippen molar-refractivity contribution in [2.24, 2.45) is 0 Å². The molecule has 1 saturated heterocycles. The van der Waals surface area contributed by atoms with Gasteiger partial charge in [0.1, 0.15) is 0 Å². The van der Waals surface area contributed by atoms with E-state index in [4.69, 9.17) is 4.74 Å². The van der Waals surface area contributed by atoms with Crippen LogP contribution in [0, 0.1) is 6.92 Å². The van der Waals surface area contributed by atoms with Gasteiger partial charge in [-0.25, -0.2) is 9.59 Å². The third-order valence-electron chi connectivity index (χ3n) is 4.69. The molecular weight excluding hydrogens is 344 g/mol. The Bertz CT molecular complexity index is 810. The van der Waals surface area contributed by atoms with E-state index in [0.717, 1.165) is 24.0 Å².